The van der Waals surface area contributed by atoms with Gasteiger partial charge in [0.25, 0.3) is 0 Å². The maximum Gasteiger partial charge on any atom is 0.237 e. The summed E-state index contributed by atoms with van der Waals surface area (Å²) in [7, 11) is 0. The van der Waals surface area contributed by atoms with Gasteiger partial charge in [-0.2, -0.15) is 4.98 Å². The van der Waals surface area contributed by atoms with Gasteiger partial charge >= 0.3 is 0 Å². The third-order valence-electron chi connectivity index (χ3n) is 5.42. The van der Waals surface area contributed by atoms with Crippen LogP contribution in [-0.4, -0.2) is 42.9 Å². The molecule has 2 aromatic heterocycles. The van der Waals surface area contributed by atoms with E-state index in [1.54, 1.807) is 12.1 Å². The van der Waals surface area contributed by atoms with E-state index in [0.717, 1.165) is 30.2 Å². The summed E-state index contributed by atoms with van der Waals surface area (Å²) >= 11 is 1.47. The van der Waals surface area contributed by atoms with E-state index >= 15 is 0 Å². The van der Waals surface area contributed by atoms with Gasteiger partial charge in [-0.15, -0.1) is 10.2 Å². The Hall–Kier alpha value is -3.04. The Balaban J connectivity index is 1.37. The van der Waals surface area contributed by atoms with Crippen LogP contribution in [0, 0.1) is 5.82 Å². The first kappa shape index (κ1) is 20.8. The zero-order valence-corrected chi connectivity index (χ0v) is 18.3. The fraction of sp³-hybridized carbons (Fsp3) is 0.304. The molecule has 4 aromatic rings. The number of benzene rings is 2. The lowest BCUT2D eigenvalue weighted by Crippen LogP contribution is -2.30. The van der Waals surface area contributed by atoms with Crippen molar-refractivity contribution in [2.75, 3.05) is 13.1 Å². The fourth-order valence-corrected chi connectivity index (χ4v) is 4.62. The average Bonchev–Trinajstić information content (AvgIpc) is 3.47. The maximum absolute atomic E-state index is 13.5. The minimum atomic E-state index is -0.270. The summed E-state index contributed by atoms with van der Waals surface area (Å²) in [6.45, 7) is 2.83. The molecule has 0 atom stereocenters. The molecule has 0 N–H and O–H groups in total. The van der Waals surface area contributed by atoms with Gasteiger partial charge in [-0.1, -0.05) is 53.7 Å². The average molecular weight is 451 g/mol. The van der Waals surface area contributed by atoms with E-state index in [0.29, 0.717) is 29.2 Å². The minimum Gasteiger partial charge on any atom is -0.338 e. The first-order chi connectivity index (χ1) is 15.8. The monoisotopic (exact) mass is 450 g/mol. The summed E-state index contributed by atoms with van der Waals surface area (Å²) in [4.78, 5) is 6.89. The summed E-state index contributed by atoms with van der Waals surface area (Å²) in [5.74, 6) is 2.11. The SMILES string of the molecule is Fc1ccc(-n2c(CN3CCCCC3)nnc2SCc2nc(-c3ccccc3)no2)cc1. The first-order valence-electron chi connectivity index (χ1n) is 10.7. The molecule has 164 valence electrons. The van der Waals surface area contributed by atoms with Gasteiger partial charge in [0, 0.05) is 11.3 Å². The number of halogens is 1. The molecule has 0 bridgehead atoms. The van der Waals surface area contributed by atoms with Gasteiger partial charge < -0.3 is 4.52 Å². The lowest BCUT2D eigenvalue weighted by Gasteiger charge is -2.26. The summed E-state index contributed by atoms with van der Waals surface area (Å²) < 4.78 is 21.0. The number of piperidine rings is 1. The highest BCUT2D eigenvalue weighted by Gasteiger charge is 2.20. The molecule has 1 aliphatic heterocycles. The van der Waals surface area contributed by atoms with Gasteiger partial charge in [0.15, 0.2) is 11.0 Å². The second kappa shape index (κ2) is 9.62. The van der Waals surface area contributed by atoms with Crippen molar-refractivity contribution in [3.8, 4) is 17.1 Å². The molecule has 1 aliphatic rings. The van der Waals surface area contributed by atoms with Gasteiger partial charge in [-0.3, -0.25) is 9.47 Å². The number of aromatic nitrogens is 5. The van der Waals surface area contributed by atoms with Crippen LogP contribution < -0.4 is 0 Å². The Bertz CT molecular complexity index is 1150. The van der Waals surface area contributed by atoms with Crippen molar-refractivity contribution >= 4 is 11.8 Å². The predicted molar refractivity (Wildman–Crippen MR) is 120 cm³/mol. The van der Waals surface area contributed by atoms with Crippen LogP contribution in [0.5, 0.6) is 0 Å². The van der Waals surface area contributed by atoms with E-state index in [1.807, 2.05) is 34.9 Å². The van der Waals surface area contributed by atoms with Crippen LogP contribution in [0.1, 0.15) is 31.0 Å². The van der Waals surface area contributed by atoms with E-state index in [9.17, 15) is 4.39 Å². The molecule has 9 heteroatoms. The number of nitrogens with zero attached hydrogens (tertiary/aromatic N) is 6. The molecule has 0 aliphatic carbocycles. The molecule has 3 heterocycles. The van der Waals surface area contributed by atoms with E-state index in [4.69, 9.17) is 4.52 Å². The molecular weight excluding hydrogens is 427 g/mol. The van der Waals surface area contributed by atoms with Crippen molar-refractivity contribution in [1.82, 2.24) is 29.8 Å². The summed E-state index contributed by atoms with van der Waals surface area (Å²) in [6.07, 6.45) is 3.68. The second-order valence-corrected chi connectivity index (χ2v) is 8.66. The number of thioether (sulfide) groups is 1. The van der Waals surface area contributed by atoms with E-state index in [-0.39, 0.29) is 5.82 Å². The van der Waals surface area contributed by atoms with Crippen LogP contribution in [0.3, 0.4) is 0 Å². The Morgan fingerprint density at radius 3 is 2.50 bits per heavy atom. The summed E-state index contributed by atoms with van der Waals surface area (Å²) in [5, 5.41) is 13.7. The summed E-state index contributed by atoms with van der Waals surface area (Å²) in [6, 6.07) is 16.1. The fourth-order valence-electron chi connectivity index (χ4n) is 3.81. The molecule has 1 saturated heterocycles. The quantitative estimate of drug-likeness (QED) is 0.377. The van der Waals surface area contributed by atoms with E-state index < -0.39 is 0 Å². The molecule has 1 fully saturated rings. The van der Waals surface area contributed by atoms with Crippen LogP contribution in [0.2, 0.25) is 0 Å². The van der Waals surface area contributed by atoms with Crippen LogP contribution in [-0.2, 0) is 12.3 Å². The Kier molecular flexibility index (Phi) is 6.27. The molecule has 5 rings (SSSR count). The van der Waals surface area contributed by atoms with Crippen LogP contribution in [0.25, 0.3) is 17.1 Å². The van der Waals surface area contributed by atoms with Gasteiger partial charge in [0.2, 0.25) is 11.7 Å². The lowest BCUT2D eigenvalue weighted by atomic mass is 10.1. The molecule has 0 saturated carbocycles. The zero-order valence-electron chi connectivity index (χ0n) is 17.5. The van der Waals surface area contributed by atoms with Crippen molar-refractivity contribution in [3.63, 3.8) is 0 Å². The van der Waals surface area contributed by atoms with Crippen molar-refractivity contribution in [2.24, 2.45) is 0 Å². The number of hydrogen-bond acceptors (Lipinski definition) is 7. The predicted octanol–water partition coefficient (Wildman–Crippen LogP) is 4.73. The molecule has 7 nitrogen and oxygen atoms in total. The largest absolute Gasteiger partial charge is 0.338 e. The van der Waals surface area contributed by atoms with Crippen LogP contribution >= 0.6 is 11.8 Å². The van der Waals surface area contributed by atoms with Crippen molar-refractivity contribution < 1.29 is 8.91 Å². The second-order valence-electron chi connectivity index (χ2n) is 7.71. The molecular formula is C23H23FN6OS. The molecule has 2 aromatic carbocycles. The number of hydrogen-bond donors (Lipinski definition) is 0. The number of likely N-dealkylation sites (tertiary alicyclic amines) is 1. The third kappa shape index (κ3) is 4.73. The van der Waals surface area contributed by atoms with Crippen LogP contribution in [0.4, 0.5) is 4.39 Å². The summed E-state index contributed by atoms with van der Waals surface area (Å²) in [5.41, 5.74) is 1.74. The molecule has 0 unspecified atom stereocenters. The van der Waals surface area contributed by atoms with E-state index in [2.05, 4.69) is 25.2 Å². The van der Waals surface area contributed by atoms with Gasteiger partial charge in [0.1, 0.15) is 5.82 Å². The van der Waals surface area contributed by atoms with Gasteiger partial charge in [-0.25, -0.2) is 4.39 Å². The molecule has 32 heavy (non-hydrogen) atoms. The highest BCUT2D eigenvalue weighted by molar-refractivity contribution is 7.98. The van der Waals surface area contributed by atoms with Crippen molar-refractivity contribution in [3.05, 3.63) is 72.1 Å². The normalized spacial score (nSPS) is 14.7. The molecule has 0 amide bonds. The lowest BCUT2D eigenvalue weighted by molar-refractivity contribution is 0.214. The smallest absolute Gasteiger partial charge is 0.237 e. The zero-order chi connectivity index (χ0) is 21.8. The highest BCUT2D eigenvalue weighted by atomic mass is 32.2. The number of rotatable bonds is 7. The van der Waals surface area contributed by atoms with Crippen molar-refractivity contribution in [1.29, 1.82) is 0 Å². The Morgan fingerprint density at radius 2 is 1.72 bits per heavy atom. The minimum absolute atomic E-state index is 0.270. The van der Waals surface area contributed by atoms with E-state index in [1.165, 1.54) is 43.2 Å². The Labute approximate surface area is 189 Å². The van der Waals surface area contributed by atoms with Gasteiger partial charge in [-0.05, 0) is 50.2 Å². The molecule has 0 radical (unpaired) electrons. The third-order valence-corrected chi connectivity index (χ3v) is 6.34. The van der Waals surface area contributed by atoms with Gasteiger partial charge in [0.05, 0.1) is 12.3 Å². The highest BCUT2D eigenvalue weighted by Crippen LogP contribution is 2.27. The van der Waals surface area contributed by atoms with Crippen molar-refractivity contribution in [2.45, 2.75) is 36.7 Å². The Morgan fingerprint density at radius 1 is 0.938 bits per heavy atom. The maximum atomic E-state index is 13.5. The first-order valence-corrected chi connectivity index (χ1v) is 11.7. The standard InChI is InChI=1S/C23H23FN6OS/c24-18-9-11-19(12-10-18)30-20(15-29-13-5-2-6-14-29)26-27-23(30)32-16-21-25-22(28-31-21)17-7-3-1-4-8-17/h1,3-4,7-12H,2,5-6,13-16H2. The molecule has 0 spiro atoms. The van der Waals surface area contributed by atoms with Crippen LogP contribution in [0.15, 0.2) is 64.3 Å². The topological polar surface area (TPSA) is 72.9 Å².